The molecule has 1 fully saturated rings. The summed E-state index contributed by atoms with van der Waals surface area (Å²) in [5.41, 5.74) is 1.29. The Morgan fingerprint density at radius 2 is 1.96 bits per heavy atom. The van der Waals surface area contributed by atoms with Crippen LogP contribution in [0.15, 0.2) is 48.5 Å². The van der Waals surface area contributed by atoms with Crippen molar-refractivity contribution in [3.05, 3.63) is 59.1 Å². The average Bonchev–Trinajstić information content (AvgIpc) is 2.94. The fourth-order valence-corrected chi connectivity index (χ4v) is 4.48. The molecular weight excluding hydrogens is 376 g/mol. The van der Waals surface area contributed by atoms with Crippen molar-refractivity contribution in [3.63, 3.8) is 0 Å². The maximum atomic E-state index is 12.6. The molecule has 0 aliphatic carbocycles. The van der Waals surface area contributed by atoms with Gasteiger partial charge in [0.2, 0.25) is 15.9 Å². The average molecular weight is 395 g/mol. The van der Waals surface area contributed by atoms with Crippen LogP contribution in [0, 0.1) is 0 Å². The minimum Gasteiger partial charge on any atom is -0.497 e. The molecule has 3 rings (SSSR count). The van der Waals surface area contributed by atoms with Crippen molar-refractivity contribution in [2.24, 2.45) is 0 Å². The maximum Gasteiger partial charge on any atom is 0.245 e. The van der Waals surface area contributed by atoms with Gasteiger partial charge in [0.15, 0.2) is 0 Å². The molecule has 1 aliphatic rings. The zero-order valence-corrected chi connectivity index (χ0v) is 15.8. The van der Waals surface area contributed by atoms with E-state index in [4.69, 9.17) is 16.3 Å². The van der Waals surface area contributed by atoms with Gasteiger partial charge in [0.1, 0.15) is 11.8 Å². The monoisotopic (exact) mass is 394 g/mol. The number of amides is 1. The number of anilines is 1. The van der Waals surface area contributed by atoms with Gasteiger partial charge in [-0.3, -0.25) is 4.79 Å². The van der Waals surface area contributed by atoms with Crippen molar-refractivity contribution in [2.45, 2.75) is 18.2 Å². The Kier molecular flexibility index (Phi) is 5.50. The van der Waals surface area contributed by atoms with Crippen LogP contribution < -0.4 is 14.4 Å². The van der Waals surface area contributed by atoms with E-state index in [9.17, 15) is 13.2 Å². The van der Waals surface area contributed by atoms with Gasteiger partial charge in [-0.1, -0.05) is 23.7 Å². The third kappa shape index (κ3) is 4.35. The Morgan fingerprint density at radius 3 is 2.62 bits per heavy atom. The second kappa shape index (κ2) is 7.65. The summed E-state index contributed by atoms with van der Waals surface area (Å²) in [4.78, 5) is 14.2. The fourth-order valence-electron chi connectivity index (χ4n) is 2.91. The van der Waals surface area contributed by atoms with E-state index in [1.54, 1.807) is 60.5 Å². The van der Waals surface area contributed by atoms with Gasteiger partial charge >= 0.3 is 0 Å². The first-order valence-electron chi connectivity index (χ1n) is 8.08. The van der Waals surface area contributed by atoms with Crippen molar-refractivity contribution >= 4 is 33.2 Å². The summed E-state index contributed by atoms with van der Waals surface area (Å²) in [6.45, 7) is 0.454. The molecule has 8 heteroatoms. The standard InChI is InChI=1S/C18H19ClN2O4S/c1-25-16-7-5-15(6-8-16)21-10-9-17(18(21)22)20-26(23,24)12-13-3-2-4-14(19)11-13/h2-8,11,17,20H,9-10,12H2,1H3/t17-/m0/s1. The number of nitrogens with one attached hydrogen (secondary N) is 1. The SMILES string of the molecule is COc1ccc(N2CC[C@H](NS(=O)(=O)Cc3cccc(Cl)c3)C2=O)cc1. The second-order valence-electron chi connectivity index (χ2n) is 6.04. The number of sulfonamides is 1. The van der Waals surface area contributed by atoms with Crippen molar-refractivity contribution in [1.82, 2.24) is 4.72 Å². The van der Waals surface area contributed by atoms with Crippen LogP contribution in [0.4, 0.5) is 5.69 Å². The van der Waals surface area contributed by atoms with Gasteiger partial charge in [-0.25, -0.2) is 13.1 Å². The quantitative estimate of drug-likeness (QED) is 0.817. The number of carbonyl (C=O) groups is 1. The number of nitrogens with zero attached hydrogens (tertiary/aromatic N) is 1. The van der Waals surface area contributed by atoms with Crippen molar-refractivity contribution < 1.29 is 17.9 Å². The second-order valence-corrected chi connectivity index (χ2v) is 8.23. The molecule has 26 heavy (non-hydrogen) atoms. The topological polar surface area (TPSA) is 75.7 Å². The lowest BCUT2D eigenvalue weighted by atomic mass is 10.2. The Labute approximate surface area is 157 Å². The zero-order chi connectivity index (χ0) is 18.7. The molecule has 1 N–H and O–H groups in total. The molecule has 0 spiro atoms. The van der Waals surface area contributed by atoms with Crippen LogP contribution in [0.5, 0.6) is 5.75 Å². The molecule has 1 aliphatic heterocycles. The van der Waals surface area contributed by atoms with Crippen LogP contribution in [-0.2, 0) is 20.6 Å². The Bertz CT molecular complexity index is 900. The number of hydrogen-bond acceptors (Lipinski definition) is 4. The predicted molar refractivity (Wildman–Crippen MR) is 101 cm³/mol. The number of benzene rings is 2. The first-order chi connectivity index (χ1) is 12.4. The first kappa shape index (κ1) is 18.7. The largest absolute Gasteiger partial charge is 0.497 e. The lowest BCUT2D eigenvalue weighted by molar-refractivity contribution is -0.118. The summed E-state index contributed by atoms with van der Waals surface area (Å²) in [5, 5.41) is 0.473. The van der Waals surface area contributed by atoms with Gasteiger partial charge in [-0.2, -0.15) is 0 Å². The van der Waals surface area contributed by atoms with Gasteiger partial charge in [-0.05, 0) is 48.4 Å². The number of halogens is 1. The molecule has 0 saturated carbocycles. The molecule has 6 nitrogen and oxygen atoms in total. The van der Waals surface area contributed by atoms with E-state index < -0.39 is 16.1 Å². The fraction of sp³-hybridized carbons (Fsp3) is 0.278. The van der Waals surface area contributed by atoms with Gasteiger partial charge in [0, 0.05) is 17.3 Å². The summed E-state index contributed by atoms with van der Waals surface area (Å²) in [6.07, 6.45) is 0.416. The number of carbonyl (C=O) groups excluding carboxylic acids is 1. The molecular formula is C18H19ClN2O4S. The molecule has 0 aromatic heterocycles. The van der Waals surface area contributed by atoms with Gasteiger partial charge in [-0.15, -0.1) is 0 Å². The summed E-state index contributed by atoms with van der Waals surface area (Å²) in [7, 11) is -2.09. The van der Waals surface area contributed by atoms with Gasteiger partial charge in [0.05, 0.1) is 12.9 Å². The first-order valence-corrected chi connectivity index (χ1v) is 10.1. The van der Waals surface area contributed by atoms with E-state index in [1.807, 2.05) is 0 Å². The van der Waals surface area contributed by atoms with Crippen LogP contribution in [0.3, 0.4) is 0 Å². The van der Waals surface area contributed by atoms with E-state index in [2.05, 4.69) is 4.72 Å². The number of rotatable bonds is 6. The molecule has 138 valence electrons. The molecule has 0 bridgehead atoms. The molecule has 1 amide bonds. The lowest BCUT2D eigenvalue weighted by Crippen LogP contribution is -2.41. The summed E-state index contributed by atoms with van der Waals surface area (Å²) < 4.78 is 32.4. The molecule has 1 saturated heterocycles. The summed E-state index contributed by atoms with van der Waals surface area (Å²) in [6, 6.07) is 13.0. The Balaban J connectivity index is 1.67. The van der Waals surface area contributed by atoms with E-state index in [0.29, 0.717) is 35.0 Å². The van der Waals surface area contributed by atoms with Crippen LogP contribution in [0.2, 0.25) is 5.02 Å². The Hall–Kier alpha value is -2.09. The predicted octanol–water partition coefficient (Wildman–Crippen LogP) is 2.57. The van der Waals surface area contributed by atoms with E-state index in [-0.39, 0.29) is 11.7 Å². The van der Waals surface area contributed by atoms with E-state index in [0.717, 1.165) is 0 Å². The number of ether oxygens (including phenoxy) is 1. The third-order valence-corrected chi connectivity index (χ3v) is 5.75. The summed E-state index contributed by atoms with van der Waals surface area (Å²) in [5.74, 6) is 0.212. The minimum absolute atomic E-state index is 0.222. The van der Waals surface area contributed by atoms with Crippen LogP contribution >= 0.6 is 11.6 Å². The highest BCUT2D eigenvalue weighted by Gasteiger charge is 2.35. The van der Waals surface area contributed by atoms with E-state index >= 15 is 0 Å². The highest BCUT2D eigenvalue weighted by molar-refractivity contribution is 7.88. The highest BCUT2D eigenvalue weighted by atomic mass is 35.5. The molecule has 2 aromatic rings. The van der Waals surface area contributed by atoms with Crippen molar-refractivity contribution in [2.75, 3.05) is 18.6 Å². The minimum atomic E-state index is -3.66. The van der Waals surface area contributed by atoms with Gasteiger partial charge in [0.25, 0.3) is 0 Å². The smallest absolute Gasteiger partial charge is 0.245 e. The molecule has 0 radical (unpaired) electrons. The normalized spacial score (nSPS) is 17.5. The summed E-state index contributed by atoms with van der Waals surface area (Å²) >= 11 is 5.89. The molecule has 0 unspecified atom stereocenters. The van der Waals surface area contributed by atoms with Crippen LogP contribution in [0.25, 0.3) is 0 Å². The Morgan fingerprint density at radius 1 is 1.23 bits per heavy atom. The van der Waals surface area contributed by atoms with Crippen LogP contribution in [0.1, 0.15) is 12.0 Å². The van der Waals surface area contributed by atoms with Crippen LogP contribution in [-0.4, -0.2) is 34.0 Å². The molecule has 1 atom stereocenters. The third-order valence-electron chi connectivity index (χ3n) is 4.16. The van der Waals surface area contributed by atoms with E-state index in [1.165, 1.54) is 0 Å². The number of methoxy groups -OCH3 is 1. The zero-order valence-electron chi connectivity index (χ0n) is 14.2. The van der Waals surface area contributed by atoms with Crippen molar-refractivity contribution in [3.8, 4) is 5.75 Å². The molecule has 2 aromatic carbocycles. The molecule has 1 heterocycles. The highest BCUT2D eigenvalue weighted by Crippen LogP contribution is 2.24. The van der Waals surface area contributed by atoms with Crippen molar-refractivity contribution in [1.29, 1.82) is 0 Å². The lowest BCUT2D eigenvalue weighted by Gasteiger charge is -2.17. The maximum absolute atomic E-state index is 12.6. The van der Waals surface area contributed by atoms with Gasteiger partial charge < -0.3 is 9.64 Å². The number of hydrogen-bond donors (Lipinski definition) is 1.